The van der Waals surface area contributed by atoms with Crippen molar-refractivity contribution < 1.29 is 0 Å². The van der Waals surface area contributed by atoms with Gasteiger partial charge in [-0.3, -0.25) is 0 Å². The quantitative estimate of drug-likeness (QED) is 0.945. The Bertz CT molecular complexity index is 491. The van der Waals surface area contributed by atoms with Crippen molar-refractivity contribution in [2.75, 3.05) is 0 Å². The highest BCUT2D eigenvalue weighted by atomic mass is 79.9. The second kappa shape index (κ2) is 6.07. The number of halogens is 1. The average Bonchev–Trinajstić information content (AvgIpc) is 2.34. The number of aromatic nitrogens is 2. The standard InChI is InChI=1S/C14H16BrN3/c1-10(16)6-12-8-17-14(18-9-12)7-11-2-4-13(15)5-3-11/h2-5,8-10H,6-7,16H2,1H3. The molecule has 0 amide bonds. The molecule has 0 fully saturated rings. The van der Waals surface area contributed by atoms with Crippen molar-refractivity contribution in [1.29, 1.82) is 0 Å². The zero-order chi connectivity index (χ0) is 13.0. The largest absolute Gasteiger partial charge is 0.328 e. The highest BCUT2D eigenvalue weighted by molar-refractivity contribution is 9.10. The molecule has 94 valence electrons. The van der Waals surface area contributed by atoms with Gasteiger partial charge >= 0.3 is 0 Å². The van der Waals surface area contributed by atoms with Crippen molar-refractivity contribution in [3.63, 3.8) is 0 Å². The lowest BCUT2D eigenvalue weighted by molar-refractivity contribution is 0.729. The van der Waals surface area contributed by atoms with Gasteiger partial charge < -0.3 is 5.73 Å². The molecule has 0 radical (unpaired) electrons. The highest BCUT2D eigenvalue weighted by Crippen LogP contribution is 2.12. The molecule has 0 saturated heterocycles. The van der Waals surface area contributed by atoms with Crippen molar-refractivity contribution in [3.8, 4) is 0 Å². The molecule has 1 atom stereocenters. The van der Waals surface area contributed by atoms with Gasteiger partial charge in [0.05, 0.1) is 0 Å². The Kier molecular flexibility index (Phi) is 4.44. The van der Waals surface area contributed by atoms with Crippen LogP contribution in [0.3, 0.4) is 0 Å². The Morgan fingerprint density at radius 2 is 1.72 bits per heavy atom. The molecule has 18 heavy (non-hydrogen) atoms. The number of rotatable bonds is 4. The van der Waals surface area contributed by atoms with Gasteiger partial charge in [0.15, 0.2) is 0 Å². The van der Waals surface area contributed by atoms with Crippen molar-refractivity contribution in [2.45, 2.75) is 25.8 Å². The Morgan fingerprint density at radius 1 is 1.11 bits per heavy atom. The molecule has 2 N–H and O–H groups in total. The van der Waals surface area contributed by atoms with E-state index in [9.17, 15) is 0 Å². The molecule has 0 aliphatic rings. The van der Waals surface area contributed by atoms with Crippen molar-refractivity contribution in [1.82, 2.24) is 9.97 Å². The van der Waals surface area contributed by atoms with Gasteiger partial charge in [-0.1, -0.05) is 28.1 Å². The Balaban J connectivity index is 2.04. The van der Waals surface area contributed by atoms with Gasteiger partial charge in [-0.15, -0.1) is 0 Å². The van der Waals surface area contributed by atoms with Gasteiger partial charge in [0, 0.05) is 29.3 Å². The number of nitrogens with zero attached hydrogens (tertiary/aromatic N) is 2. The molecular formula is C14H16BrN3. The monoisotopic (exact) mass is 305 g/mol. The van der Waals surface area contributed by atoms with Gasteiger partial charge in [0.25, 0.3) is 0 Å². The van der Waals surface area contributed by atoms with Crippen LogP contribution in [0.4, 0.5) is 0 Å². The van der Waals surface area contributed by atoms with Gasteiger partial charge in [-0.05, 0) is 36.6 Å². The molecule has 1 unspecified atom stereocenters. The number of hydrogen-bond acceptors (Lipinski definition) is 3. The smallest absolute Gasteiger partial charge is 0.132 e. The Morgan fingerprint density at radius 3 is 2.28 bits per heavy atom. The maximum atomic E-state index is 5.74. The molecule has 0 bridgehead atoms. The van der Waals surface area contributed by atoms with E-state index in [1.807, 2.05) is 31.5 Å². The van der Waals surface area contributed by atoms with E-state index in [0.717, 1.165) is 28.7 Å². The fraction of sp³-hybridized carbons (Fsp3) is 0.286. The summed E-state index contributed by atoms with van der Waals surface area (Å²) < 4.78 is 1.08. The molecule has 2 rings (SSSR count). The lowest BCUT2D eigenvalue weighted by Gasteiger charge is -2.05. The summed E-state index contributed by atoms with van der Waals surface area (Å²) in [6.45, 7) is 1.98. The highest BCUT2D eigenvalue weighted by Gasteiger charge is 2.02. The lowest BCUT2D eigenvalue weighted by atomic mass is 10.1. The third kappa shape index (κ3) is 3.89. The minimum Gasteiger partial charge on any atom is -0.328 e. The minimum atomic E-state index is 0.144. The van der Waals surface area contributed by atoms with Gasteiger partial charge in [0.2, 0.25) is 0 Å². The van der Waals surface area contributed by atoms with Crippen molar-refractivity contribution in [2.24, 2.45) is 5.73 Å². The van der Waals surface area contributed by atoms with E-state index < -0.39 is 0 Å². The van der Waals surface area contributed by atoms with E-state index in [2.05, 4.69) is 38.0 Å². The van der Waals surface area contributed by atoms with Crippen LogP contribution in [0.15, 0.2) is 41.1 Å². The van der Waals surface area contributed by atoms with Crippen LogP contribution in [0.5, 0.6) is 0 Å². The fourth-order valence-electron chi connectivity index (χ4n) is 1.73. The first kappa shape index (κ1) is 13.2. The van der Waals surface area contributed by atoms with Gasteiger partial charge in [-0.2, -0.15) is 0 Å². The molecule has 4 heteroatoms. The predicted molar refractivity (Wildman–Crippen MR) is 76.3 cm³/mol. The van der Waals surface area contributed by atoms with E-state index in [4.69, 9.17) is 5.73 Å². The second-order valence-electron chi connectivity index (χ2n) is 4.49. The number of hydrogen-bond donors (Lipinski definition) is 1. The van der Waals surface area contributed by atoms with Gasteiger partial charge in [-0.25, -0.2) is 9.97 Å². The summed E-state index contributed by atoms with van der Waals surface area (Å²) in [6, 6.07) is 8.35. The van der Waals surface area contributed by atoms with Crippen LogP contribution in [0, 0.1) is 0 Å². The Labute approximate surface area is 116 Å². The van der Waals surface area contributed by atoms with Crippen molar-refractivity contribution >= 4 is 15.9 Å². The summed E-state index contributed by atoms with van der Waals surface area (Å²) in [5.74, 6) is 0.839. The summed E-state index contributed by atoms with van der Waals surface area (Å²) >= 11 is 3.42. The summed E-state index contributed by atoms with van der Waals surface area (Å²) in [7, 11) is 0. The minimum absolute atomic E-state index is 0.144. The first-order valence-electron chi connectivity index (χ1n) is 5.93. The predicted octanol–water partition coefficient (Wildman–Crippen LogP) is 2.72. The van der Waals surface area contributed by atoms with E-state index >= 15 is 0 Å². The van der Waals surface area contributed by atoms with Gasteiger partial charge in [0.1, 0.15) is 5.82 Å². The maximum absolute atomic E-state index is 5.74. The SMILES string of the molecule is CC(N)Cc1cnc(Cc2ccc(Br)cc2)nc1. The molecule has 0 aliphatic heterocycles. The fourth-order valence-corrected chi connectivity index (χ4v) is 2.00. The number of benzene rings is 1. The average molecular weight is 306 g/mol. The molecule has 1 aromatic carbocycles. The van der Waals surface area contributed by atoms with E-state index in [-0.39, 0.29) is 6.04 Å². The zero-order valence-corrected chi connectivity index (χ0v) is 11.9. The molecule has 0 saturated carbocycles. The molecule has 2 aromatic rings. The molecule has 0 spiro atoms. The second-order valence-corrected chi connectivity index (χ2v) is 5.41. The Hall–Kier alpha value is -1.26. The van der Waals surface area contributed by atoms with E-state index in [1.54, 1.807) is 0 Å². The van der Waals surface area contributed by atoms with Crippen LogP contribution in [0.1, 0.15) is 23.9 Å². The third-order valence-corrected chi connectivity index (χ3v) is 3.12. The van der Waals surface area contributed by atoms with E-state index in [1.165, 1.54) is 5.56 Å². The lowest BCUT2D eigenvalue weighted by Crippen LogP contribution is -2.18. The van der Waals surface area contributed by atoms with Crippen LogP contribution in [-0.2, 0) is 12.8 Å². The molecule has 0 aliphatic carbocycles. The molecule has 1 heterocycles. The van der Waals surface area contributed by atoms with Crippen molar-refractivity contribution in [3.05, 3.63) is 58.1 Å². The third-order valence-electron chi connectivity index (χ3n) is 2.59. The van der Waals surface area contributed by atoms with Crippen LogP contribution < -0.4 is 5.73 Å². The summed E-state index contributed by atoms with van der Waals surface area (Å²) in [4.78, 5) is 8.74. The first-order chi connectivity index (χ1) is 8.63. The van der Waals surface area contributed by atoms with Crippen LogP contribution in [-0.4, -0.2) is 16.0 Å². The topological polar surface area (TPSA) is 51.8 Å². The molecule has 1 aromatic heterocycles. The summed E-state index contributed by atoms with van der Waals surface area (Å²) in [6.07, 6.45) is 5.30. The first-order valence-corrected chi connectivity index (χ1v) is 6.72. The van der Waals surface area contributed by atoms with Crippen LogP contribution >= 0.6 is 15.9 Å². The molecule has 3 nitrogen and oxygen atoms in total. The van der Waals surface area contributed by atoms with E-state index in [0.29, 0.717) is 0 Å². The summed E-state index contributed by atoms with van der Waals surface area (Å²) in [5, 5.41) is 0. The van der Waals surface area contributed by atoms with Crippen LogP contribution in [0.25, 0.3) is 0 Å². The van der Waals surface area contributed by atoms with Crippen LogP contribution in [0.2, 0.25) is 0 Å². The summed E-state index contributed by atoms with van der Waals surface area (Å²) in [5.41, 5.74) is 8.03. The maximum Gasteiger partial charge on any atom is 0.132 e. The zero-order valence-electron chi connectivity index (χ0n) is 10.3. The molecular weight excluding hydrogens is 290 g/mol. The normalized spacial score (nSPS) is 12.4. The number of nitrogens with two attached hydrogens (primary N) is 1.